The monoisotopic (exact) mass is 294 g/mol. The van der Waals surface area contributed by atoms with Crippen molar-refractivity contribution in [2.24, 2.45) is 5.92 Å². The molecule has 116 valence electrons. The number of carboxylic acid groups (broad SMARTS) is 1. The minimum Gasteiger partial charge on any atom is -0.481 e. The molecule has 7 nitrogen and oxygen atoms in total. The molecule has 2 rings (SSSR count). The van der Waals surface area contributed by atoms with Crippen LogP contribution >= 0.6 is 0 Å². The molecule has 1 aromatic rings. The smallest absolute Gasteiger partial charge is 0.317 e. The number of nitrogens with one attached hydrogen (secondary N) is 2. The first kappa shape index (κ1) is 15.3. The molecule has 0 saturated carbocycles. The first-order valence-corrected chi connectivity index (χ1v) is 7.32. The summed E-state index contributed by atoms with van der Waals surface area (Å²) in [4.78, 5) is 24.5. The minimum atomic E-state index is -0.746. The fraction of sp³-hybridized carbons (Fsp3) is 0.643. The van der Waals surface area contributed by atoms with Gasteiger partial charge in [0, 0.05) is 31.3 Å². The van der Waals surface area contributed by atoms with Crippen molar-refractivity contribution in [3.8, 4) is 0 Å². The molecule has 2 heterocycles. The predicted molar refractivity (Wildman–Crippen MR) is 76.7 cm³/mol. The van der Waals surface area contributed by atoms with Gasteiger partial charge < -0.3 is 15.3 Å². The van der Waals surface area contributed by atoms with Crippen molar-refractivity contribution >= 4 is 12.0 Å². The molecule has 21 heavy (non-hydrogen) atoms. The number of aromatic amines is 1. The summed E-state index contributed by atoms with van der Waals surface area (Å²) in [6, 6.07) is -0.152. The van der Waals surface area contributed by atoms with E-state index in [4.69, 9.17) is 5.11 Å². The Morgan fingerprint density at radius 2 is 2.24 bits per heavy atom. The van der Waals surface area contributed by atoms with E-state index in [0.717, 1.165) is 18.4 Å². The second kappa shape index (κ2) is 7.10. The van der Waals surface area contributed by atoms with E-state index < -0.39 is 5.97 Å². The van der Waals surface area contributed by atoms with Crippen LogP contribution < -0.4 is 5.32 Å². The molecule has 0 aliphatic carbocycles. The summed E-state index contributed by atoms with van der Waals surface area (Å²) in [5.74, 6) is -0.333. The van der Waals surface area contributed by atoms with E-state index in [2.05, 4.69) is 15.5 Å². The summed E-state index contributed by atoms with van der Waals surface area (Å²) in [6.07, 6.45) is 6.14. The number of likely N-dealkylation sites (tertiary alicyclic amines) is 1. The number of rotatable bonds is 5. The van der Waals surface area contributed by atoms with Crippen LogP contribution in [0.1, 0.15) is 44.2 Å². The van der Waals surface area contributed by atoms with Gasteiger partial charge in [0.05, 0.1) is 12.2 Å². The third-order valence-corrected chi connectivity index (χ3v) is 4.03. The lowest BCUT2D eigenvalue weighted by atomic mass is 9.92. The number of piperidine rings is 1. The molecule has 1 aliphatic heterocycles. The van der Waals surface area contributed by atoms with Crippen LogP contribution in [0.5, 0.6) is 0 Å². The van der Waals surface area contributed by atoms with E-state index in [-0.39, 0.29) is 18.5 Å². The van der Waals surface area contributed by atoms with Crippen molar-refractivity contribution in [3.05, 3.63) is 18.0 Å². The Balaban J connectivity index is 1.74. The number of carboxylic acids is 1. The second-order valence-corrected chi connectivity index (χ2v) is 5.57. The van der Waals surface area contributed by atoms with E-state index in [0.29, 0.717) is 25.4 Å². The lowest BCUT2D eigenvalue weighted by Crippen LogP contribution is -2.45. The molecular weight excluding hydrogens is 272 g/mol. The minimum absolute atomic E-state index is 0.0691. The fourth-order valence-electron chi connectivity index (χ4n) is 2.61. The number of hydrogen-bond donors (Lipinski definition) is 3. The molecule has 7 heteroatoms. The Labute approximate surface area is 123 Å². The third kappa shape index (κ3) is 4.47. The van der Waals surface area contributed by atoms with E-state index in [9.17, 15) is 9.59 Å². The number of amides is 2. The van der Waals surface area contributed by atoms with Gasteiger partial charge in [-0.1, -0.05) is 0 Å². The van der Waals surface area contributed by atoms with Gasteiger partial charge in [-0.3, -0.25) is 9.89 Å². The van der Waals surface area contributed by atoms with Crippen LogP contribution in [0.4, 0.5) is 4.79 Å². The normalized spacial score (nSPS) is 17.5. The summed E-state index contributed by atoms with van der Waals surface area (Å²) < 4.78 is 0. The predicted octanol–water partition coefficient (Wildman–Crippen LogP) is 1.76. The van der Waals surface area contributed by atoms with Crippen LogP contribution in [0, 0.1) is 5.92 Å². The molecule has 2 amide bonds. The number of carbonyl (C=O) groups is 2. The Kier molecular flexibility index (Phi) is 5.19. The molecular formula is C14H22N4O3. The van der Waals surface area contributed by atoms with Crippen LogP contribution in [0.2, 0.25) is 0 Å². The van der Waals surface area contributed by atoms with Gasteiger partial charge in [-0.2, -0.15) is 5.10 Å². The van der Waals surface area contributed by atoms with Crippen LogP contribution in [0.25, 0.3) is 0 Å². The maximum Gasteiger partial charge on any atom is 0.317 e. The van der Waals surface area contributed by atoms with Gasteiger partial charge in [0.25, 0.3) is 0 Å². The molecule has 0 bridgehead atoms. The maximum atomic E-state index is 12.2. The highest BCUT2D eigenvalue weighted by Crippen LogP contribution is 2.22. The van der Waals surface area contributed by atoms with Crippen molar-refractivity contribution < 1.29 is 14.7 Å². The standard InChI is InChI=1S/C14H22N4O3/c1-10(12-8-15-16-9-12)17-14(21)18-6-4-11(5-7-18)2-3-13(19)20/h8-11H,2-7H2,1H3,(H,15,16)(H,17,21)(H,19,20). The summed E-state index contributed by atoms with van der Waals surface area (Å²) in [6.45, 7) is 3.30. The van der Waals surface area contributed by atoms with Gasteiger partial charge in [0.15, 0.2) is 0 Å². The quantitative estimate of drug-likeness (QED) is 0.770. The lowest BCUT2D eigenvalue weighted by Gasteiger charge is -2.32. The largest absolute Gasteiger partial charge is 0.481 e. The first-order chi connectivity index (χ1) is 10.1. The number of H-pyrrole nitrogens is 1. The fourth-order valence-corrected chi connectivity index (χ4v) is 2.61. The van der Waals surface area contributed by atoms with E-state index >= 15 is 0 Å². The first-order valence-electron chi connectivity index (χ1n) is 7.32. The summed E-state index contributed by atoms with van der Waals surface area (Å²) >= 11 is 0. The van der Waals surface area contributed by atoms with Crippen molar-refractivity contribution in [2.75, 3.05) is 13.1 Å². The van der Waals surface area contributed by atoms with Gasteiger partial charge in [-0.15, -0.1) is 0 Å². The average molecular weight is 294 g/mol. The molecule has 1 atom stereocenters. The SMILES string of the molecule is CC(NC(=O)N1CCC(CCC(=O)O)CC1)c1cn[nH]c1. The van der Waals surface area contributed by atoms with Gasteiger partial charge in [0.1, 0.15) is 0 Å². The van der Waals surface area contributed by atoms with Crippen molar-refractivity contribution in [2.45, 2.75) is 38.6 Å². The molecule has 1 saturated heterocycles. The van der Waals surface area contributed by atoms with E-state index in [1.165, 1.54) is 0 Å². The van der Waals surface area contributed by atoms with Crippen molar-refractivity contribution in [1.82, 2.24) is 20.4 Å². The molecule has 3 N–H and O–H groups in total. The zero-order chi connectivity index (χ0) is 15.2. The lowest BCUT2D eigenvalue weighted by molar-refractivity contribution is -0.137. The number of carbonyl (C=O) groups excluding carboxylic acids is 1. The number of aromatic nitrogens is 2. The second-order valence-electron chi connectivity index (χ2n) is 5.57. The van der Waals surface area contributed by atoms with Crippen LogP contribution in [-0.2, 0) is 4.79 Å². The zero-order valence-corrected chi connectivity index (χ0v) is 12.2. The highest BCUT2D eigenvalue weighted by molar-refractivity contribution is 5.74. The Morgan fingerprint density at radius 1 is 1.52 bits per heavy atom. The average Bonchev–Trinajstić information content (AvgIpc) is 3.00. The number of nitrogens with zero attached hydrogens (tertiary/aromatic N) is 2. The van der Waals surface area contributed by atoms with Gasteiger partial charge in [-0.25, -0.2) is 4.79 Å². The maximum absolute atomic E-state index is 12.2. The number of urea groups is 1. The number of hydrogen-bond acceptors (Lipinski definition) is 3. The Hall–Kier alpha value is -2.05. The Morgan fingerprint density at radius 3 is 2.81 bits per heavy atom. The van der Waals surface area contributed by atoms with Crippen molar-refractivity contribution in [3.63, 3.8) is 0 Å². The molecule has 0 spiro atoms. The summed E-state index contributed by atoms with van der Waals surface area (Å²) in [7, 11) is 0. The van der Waals surface area contributed by atoms with Crippen LogP contribution in [0.15, 0.2) is 12.4 Å². The number of aliphatic carboxylic acids is 1. The third-order valence-electron chi connectivity index (χ3n) is 4.03. The molecule has 0 radical (unpaired) electrons. The molecule has 1 fully saturated rings. The highest BCUT2D eigenvalue weighted by atomic mass is 16.4. The van der Waals surface area contributed by atoms with Crippen LogP contribution in [-0.4, -0.2) is 45.3 Å². The Bertz CT molecular complexity index is 467. The highest BCUT2D eigenvalue weighted by Gasteiger charge is 2.24. The molecule has 0 aromatic carbocycles. The molecule has 1 unspecified atom stereocenters. The summed E-state index contributed by atoms with van der Waals surface area (Å²) in [5.41, 5.74) is 0.944. The van der Waals surface area contributed by atoms with Gasteiger partial charge in [-0.05, 0) is 32.1 Å². The molecule has 1 aromatic heterocycles. The summed E-state index contributed by atoms with van der Waals surface area (Å²) in [5, 5.41) is 18.2. The van der Waals surface area contributed by atoms with E-state index in [1.54, 1.807) is 17.3 Å². The topological polar surface area (TPSA) is 98.3 Å². The van der Waals surface area contributed by atoms with E-state index in [1.807, 2.05) is 6.92 Å². The van der Waals surface area contributed by atoms with Gasteiger partial charge >= 0.3 is 12.0 Å². The van der Waals surface area contributed by atoms with Gasteiger partial charge in [0.2, 0.25) is 0 Å². The van der Waals surface area contributed by atoms with Crippen LogP contribution in [0.3, 0.4) is 0 Å². The van der Waals surface area contributed by atoms with Crippen molar-refractivity contribution in [1.29, 1.82) is 0 Å². The zero-order valence-electron chi connectivity index (χ0n) is 12.2. The molecule has 1 aliphatic rings.